The van der Waals surface area contributed by atoms with Crippen LogP contribution in [0, 0.1) is 20.8 Å². The van der Waals surface area contributed by atoms with Gasteiger partial charge in [0.2, 0.25) is 0 Å². The molecule has 0 spiro atoms. The second-order valence-electron chi connectivity index (χ2n) is 4.79. The van der Waals surface area contributed by atoms with Crippen LogP contribution in [0.1, 0.15) is 33.9 Å². The molecule has 1 nitrogen and oxygen atoms in total. The van der Waals surface area contributed by atoms with E-state index in [1.807, 2.05) is 44.2 Å². The lowest BCUT2D eigenvalue weighted by Crippen LogP contribution is -2.03. The maximum absolute atomic E-state index is 10.5. The van der Waals surface area contributed by atoms with Crippen LogP contribution in [0.3, 0.4) is 0 Å². The molecule has 0 aromatic heterocycles. The van der Waals surface area contributed by atoms with Gasteiger partial charge >= 0.3 is 0 Å². The Kier molecular flexibility index (Phi) is 3.88. The van der Waals surface area contributed by atoms with Crippen molar-refractivity contribution in [2.45, 2.75) is 26.9 Å². The van der Waals surface area contributed by atoms with E-state index in [-0.39, 0.29) is 0 Å². The van der Waals surface area contributed by atoms with Gasteiger partial charge in [-0.25, -0.2) is 0 Å². The predicted octanol–water partition coefficient (Wildman–Crippen LogP) is 4.46. The van der Waals surface area contributed by atoms with Crippen molar-refractivity contribution >= 4 is 15.9 Å². The van der Waals surface area contributed by atoms with Crippen molar-refractivity contribution in [3.63, 3.8) is 0 Å². The number of rotatable bonds is 2. The summed E-state index contributed by atoms with van der Waals surface area (Å²) in [5, 5.41) is 10.5. The zero-order chi connectivity index (χ0) is 13.3. The Morgan fingerprint density at radius 3 is 2.17 bits per heavy atom. The van der Waals surface area contributed by atoms with E-state index in [0.717, 1.165) is 26.7 Å². The number of halogens is 1. The van der Waals surface area contributed by atoms with Gasteiger partial charge in [0.15, 0.2) is 0 Å². The summed E-state index contributed by atoms with van der Waals surface area (Å²) in [5.74, 6) is 0. The second-order valence-corrected chi connectivity index (χ2v) is 5.64. The third-order valence-electron chi connectivity index (χ3n) is 3.17. The highest BCUT2D eigenvalue weighted by molar-refractivity contribution is 9.10. The van der Waals surface area contributed by atoms with Crippen LogP contribution in [0.25, 0.3) is 0 Å². The Morgan fingerprint density at radius 1 is 0.889 bits per heavy atom. The first-order chi connectivity index (χ1) is 8.49. The Bertz CT molecular complexity index is 575. The van der Waals surface area contributed by atoms with Crippen molar-refractivity contribution in [3.8, 4) is 0 Å². The number of aliphatic hydroxyl groups is 1. The van der Waals surface area contributed by atoms with Gasteiger partial charge in [0, 0.05) is 4.47 Å². The molecular weight excluding hydrogens is 288 g/mol. The highest BCUT2D eigenvalue weighted by Gasteiger charge is 2.15. The summed E-state index contributed by atoms with van der Waals surface area (Å²) in [7, 11) is 0. The van der Waals surface area contributed by atoms with Crippen LogP contribution >= 0.6 is 15.9 Å². The van der Waals surface area contributed by atoms with Crippen LogP contribution in [0.15, 0.2) is 40.9 Å². The van der Waals surface area contributed by atoms with E-state index in [1.165, 1.54) is 5.56 Å². The quantitative estimate of drug-likeness (QED) is 0.868. The largest absolute Gasteiger partial charge is 0.384 e. The fourth-order valence-corrected chi connectivity index (χ4v) is 2.64. The molecule has 2 heteroatoms. The fourth-order valence-electron chi connectivity index (χ4n) is 2.17. The lowest BCUT2D eigenvalue weighted by molar-refractivity contribution is 0.218. The first kappa shape index (κ1) is 13.3. The molecule has 1 atom stereocenters. The van der Waals surface area contributed by atoms with E-state index >= 15 is 0 Å². The van der Waals surface area contributed by atoms with Gasteiger partial charge in [-0.2, -0.15) is 0 Å². The lowest BCUT2D eigenvalue weighted by atomic mass is 9.95. The van der Waals surface area contributed by atoms with Gasteiger partial charge in [0.25, 0.3) is 0 Å². The Hall–Kier alpha value is -1.12. The van der Waals surface area contributed by atoms with E-state index in [1.54, 1.807) is 0 Å². The molecule has 0 aliphatic carbocycles. The van der Waals surface area contributed by atoms with Crippen molar-refractivity contribution in [3.05, 3.63) is 68.7 Å². The summed E-state index contributed by atoms with van der Waals surface area (Å²) in [6.07, 6.45) is -0.583. The van der Waals surface area contributed by atoms with E-state index in [0.29, 0.717) is 0 Å². The van der Waals surface area contributed by atoms with Gasteiger partial charge in [0.05, 0.1) is 0 Å². The Labute approximate surface area is 117 Å². The number of aliphatic hydroxyl groups excluding tert-OH is 1. The number of hydrogen-bond donors (Lipinski definition) is 1. The smallest absolute Gasteiger partial charge is 0.105 e. The zero-order valence-corrected chi connectivity index (χ0v) is 12.5. The first-order valence-electron chi connectivity index (χ1n) is 6.00. The van der Waals surface area contributed by atoms with Gasteiger partial charge in [-0.3, -0.25) is 0 Å². The molecule has 0 fully saturated rings. The number of benzene rings is 2. The number of aryl methyl sites for hydroxylation is 3. The van der Waals surface area contributed by atoms with Crippen LogP contribution in [-0.4, -0.2) is 5.11 Å². The van der Waals surface area contributed by atoms with Crippen LogP contribution in [-0.2, 0) is 0 Å². The third-order valence-corrected chi connectivity index (χ3v) is 3.89. The lowest BCUT2D eigenvalue weighted by Gasteiger charge is -2.16. The van der Waals surface area contributed by atoms with Crippen LogP contribution in [0.5, 0.6) is 0 Å². The molecule has 1 unspecified atom stereocenters. The molecule has 0 heterocycles. The molecule has 0 aliphatic heterocycles. The van der Waals surface area contributed by atoms with Gasteiger partial charge in [-0.15, -0.1) is 0 Å². The van der Waals surface area contributed by atoms with E-state index in [4.69, 9.17) is 0 Å². The predicted molar refractivity (Wildman–Crippen MR) is 78.9 cm³/mol. The summed E-state index contributed by atoms with van der Waals surface area (Å²) in [6.45, 7) is 6.13. The van der Waals surface area contributed by atoms with Crippen LogP contribution < -0.4 is 0 Å². The molecule has 18 heavy (non-hydrogen) atoms. The summed E-state index contributed by atoms with van der Waals surface area (Å²) in [4.78, 5) is 0. The van der Waals surface area contributed by atoms with Crippen molar-refractivity contribution in [1.29, 1.82) is 0 Å². The molecular formula is C16H17BrO. The Morgan fingerprint density at radius 2 is 1.50 bits per heavy atom. The van der Waals surface area contributed by atoms with Crippen molar-refractivity contribution in [2.24, 2.45) is 0 Å². The molecule has 0 aliphatic rings. The minimum atomic E-state index is -0.583. The van der Waals surface area contributed by atoms with Crippen molar-refractivity contribution in [1.82, 2.24) is 0 Å². The molecule has 0 saturated heterocycles. The topological polar surface area (TPSA) is 20.2 Å². The minimum Gasteiger partial charge on any atom is -0.384 e. The average molecular weight is 305 g/mol. The minimum absolute atomic E-state index is 0.583. The molecule has 0 radical (unpaired) electrons. The summed E-state index contributed by atoms with van der Waals surface area (Å²) in [5.41, 5.74) is 5.37. The van der Waals surface area contributed by atoms with E-state index in [2.05, 4.69) is 28.9 Å². The van der Waals surface area contributed by atoms with Gasteiger partial charge < -0.3 is 5.11 Å². The van der Waals surface area contributed by atoms with Crippen molar-refractivity contribution in [2.75, 3.05) is 0 Å². The molecule has 2 rings (SSSR count). The highest BCUT2D eigenvalue weighted by Crippen LogP contribution is 2.31. The van der Waals surface area contributed by atoms with Crippen LogP contribution in [0.4, 0.5) is 0 Å². The first-order valence-corrected chi connectivity index (χ1v) is 6.79. The van der Waals surface area contributed by atoms with E-state index < -0.39 is 6.10 Å². The zero-order valence-electron chi connectivity index (χ0n) is 10.9. The summed E-state index contributed by atoms with van der Waals surface area (Å²) < 4.78 is 0.945. The molecule has 2 aromatic carbocycles. The second kappa shape index (κ2) is 5.25. The molecule has 0 saturated carbocycles. The molecule has 0 bridgehead atoms. The maximum Gasteiger partial charge on any atom is 0.105 e. The summed E-state index contributed by atoms with van der Waals surface area (Å²) in [6, 6.07) is 12.2. The Balaban J connectivity index is 2.47. The standard InChI is InChI=1S/C16H17BrO/c1-10-4-6-13(12(3)8-10)16(18)14-9-11(2)5-7-15(14)17/h4-9,16,18H,1-3H3. The fraction of sp³-hybridized carbons (Fsp3) is 0.250. The van der Waals surface area contributed by atoms with Gasteiger partial charge in [-0.1, -0.05) is 57.4 Å². The van der Waals surface area contributed by atoms with E-state index in [9.17, 15) is 5.11 Å². The molecule has 2 aromatic rings. The third kappa shape index (κ3) is 2.65. The maximum atomic E-state index is 10.5. The number of hydrogen-bond acceptors (Lipinski definition) is 1. The average Bonchev–Trinajstić information content (AvgIpc) is 2.31. The normalized spacial score (nSPS) is 12.5. The van der Waals surface area contributed by atoms with Gasteiger partial charge in [0.1, 0.15) is 6.10 Å². The molecule has 0 amide bonds. The van der Waals surface area contributed by atoms with Crippen molar-refractivity contribution < 1.29 is 5.11 Å². The van der Waals surface area contributed by atoms with Crippen LogP contribution in [0.2, 0.25) is 0 Å². The molecule has 94 valence electrons. The summed E-state index contributed by atoms with van der Waals surface area (Å²) >= 11 is 3.51. The highest BCUT2D eigenvalue weighted by atomic mass is 79.9. The monoisotopic (exact) mass is 304 g/mol. The van der Waals surface area contributed by atoms with Gasteiger partial charge in [-0.05, 0) is 43.5 Å². The molecule has 1 N–H and O–H groups in total. The SMILES string of the molecule is Cc1ccc(C(O)c2cc(C)ccc2Br)c(C)c1.